The van der Waals surface area contributed by atoms with Crippen molar-refractivity contribution in [3.63, 3.8) is 0 Å². The smallest absolute Gasteiger partial charge is 0.332 e. The van der Waals surface area contributed by atoms with Crippen molar-refractivity contribution in [1.82, 2.24) is 0 Å². The topological polar surface area (TPSA) is 53.2 Å². The number of amides is 1. The molecule has 0 aromatic heterocycles. The van der Waals surface area contributed by atoms with Gasteiger partial charge in [-0.3, -0.25) is 4.79 Å². The van der Waals surface area contributed by atoms with Crippen molar-refractivity contribution in [2.45, 2.75) is 6.18 Å². The molecule has 3 rings (SSSR count). The monoisotopic (exact) mass is 451 g/mol. The van der Waals surface area contributed by atoms with Crippen molar-refractivity contribution in [1.29, 1.82) is 0 Å². The highest BCUT2D eigenvalue weighted by atomic mass is 32.1. The van der Waals surface area contributed by atoms with E-state index in [-0.39, 0.29) is 16.4 Å². The summed E-state index contributed by atoms with van der Waals surface area (Å²) in [6.45, 7) is 0. The Morgan fingerprint density at radius 1 is 0.774 bits per heavy atom. The second kappa shape index (κ2) is 9.09. The van der Waals surface area contributed by atoms with Gasteiger partial charge >= 0.3 is 6.18 Å². The first-order chi connectivity index (χ1) is 14.6. The zero-order valence-corrected chi connectivity index (χ0v) is 16.4. The molecular formula is C21H14F5N3OS. The fraction of sp³-hybridized carbons (Fsp3) is 0.0476. The molecule has 10 heteroatoms. The number of carbonyl (C=O) groups excluding carboxylic acids is 1. The second-order valence-electron chi connectivity index (χ2n) is 6.32. The molecule has 0 fully saturated rings. The Bertz CT molecular complexity index is 1120. The molecule has 0 aliphatic heterocycles. The quantitative estimate of drug-likeness (QED) is 0.334. The zero-order valence-electron chi connectivity index (χ0n) is 15.6. The van der Waals surface area contributed by atoms with Crippen LogP contribution < -0.4 is 16.0 Å². The minimum Gasteiger partial charge on any atom is -0.332 e. The van der Waals surface area contributed by atoms with Crippen LogP contribution in [0.4, 0.5) is 39.0 Å². The summed E-state index contributed by atoms with van der Waals surface area (Å²) in [5, 5.41) is 7.70. The van der Waals surface area contributed by atoms with Crippen molar-refractivity contribution in [3.05, 3.63) is 89.5 Å². The molecule has 3 aromatic carbocycles. The lowest BCUT2D eigenvalue weighted by molar-refractivity contribution is -0.137. The Morgan fingerprint density at radius 3 is 1.97 bits per heavy atom. The molecule has 0 bridgehead atoms. The zero-order chi connectivity index (χ0) is 22.6. The fourth-order valence-electron chi connectivity index (χ4n) is 2.60. The van der Waals surface area contributed by atoms with Gasteiger partial charge < -0.3 is 16.0 Å². The van der Waals surface area contributed by atoms with Crippen LogP contribution in [0.3, 0.4) is 0 Å². The van der Waals surface area contributed by atoms with E-state index in [0.717, 1.165) is 12.1 Å². The number of anilines is 3. The minimum atomic E-state index is -4.70. The standard InChI is InChI=1S/C21H14F5N3OS/c22-13-9-12(21(24,25)26)10-16(11-13)29-20(31)28-15-7-5-14(6-8-15)27-19(30)17-3-1-2-4-18(17)23/h1-11H,(H,27,30)(H2,28,29,31). The molecule has 3 N–H and O–H groups in total. The summed E-state index contributed by atoms with van der Waals surface area (Å²) in [6.07, 6.45) is -4.70. The van der Waals surface area contributed by atoms with Gasteiger partial charge in [-0.2, -0.15) is 13.2 Å². The van der Waals surface area contributed by atoms with Gasteiger partial charge in [0.1, 0.15) is 11.6 Å². The van der Waals surface area contributed by atoms with E-state index in [9.17, 15) is 26.7 Å². The maximum atomic E-state index is 13.7. The summed E-state index contributed by atoms with van der Waals surface area (Å²) < 4.78 is 65.5. The van der Waals surface area contributed by atoms with E-state index in [1.54, 1.807) is 0 Å². The van der Waals surface area contributed by atoms with E-state index in [1.165, 1.54) is 48.5 Å². The third-order valence-electron chi connectivity index (χ3n) is 4.00. The number of thiocarbonyl (C=S) groups is 1. The first-order valence-corrected chi connectivity index (χ1v) is 9.14. The van der Waals surface area contributed by atoms with E-state index in [0.29, 0.717) is 17.4 Å². The van der Waals surface area contributed by atoms with Gasteiger partial charge in [-0.15, -0.1) is 0 Å². The Kier molecular flexibility index (Phi) is 6.50. The van der Waals surface area contributed by atoms with E-state index < -0.39 is 29.3 Å². The van der Waals surface area contributed by atoms with Gasteiger partial charge in [-0.1, -0.05) is 12.1 Å². The van der Waals surface area contributed by atoms with Crippen LogP contribution in [0, 0.1) is 11.6 Å². The van der Waals surface area contributed by atoms with E-state index in [4.69, 9.17) is 12.2 Å². The van der Waals surface area contributed by atoms with Gasteiger partial charge in [0.2, 0.25) is 0 Å². The van der Waals surface area contributed by atoms with Crippen LogP contribution in [0.5, 0.6) is 0 Å². The SMILES string of the molecule is O=C(Nc1ccc(NC(=S)Nc2cc(F)cc(C(F)(F)F)c2)cc1)c1ccccc1F. The molecule has 0 atom stereocenters. The molecule has 1 amide bonds. The van der Waals surface area contributed by atoms with Crippen molar-refractivity contribution in [3.8, 4) is 0 Å². The van der Waals surface area contributed by atoms with Crippen molar-refractivity contribution < 1.29 is 26.7 Å². The fourth-order valence-corrected chi connectivity index (χ4v) is 2.84. The van der Waals surface area contributed by atoms with Crippen LogP contribution in [0.1, 0.15) is 15.9 Å². The normalized spacial score (nSPS) is 11.0. The van der Waals surface area contributed by atoms with E-state index in [1.807, 2.05) is 0 Å². The van der Waals surface area contributed by atoms with Gasteiger partial charge in [-0.05, 0) is 66.8 Å². The summed E-state index contributed by atoms with van der Waals surface area (Å²) in [5.74, 6) is -2.33. The van der Waals surface area contributed by atoms with E-state index >= 15 is 0 Å². The van der Waals surface area contributed by atoms with Gasteiger partial charge in [0, 0.05) is 17.1 Å². The van der Waals surface area contributed by atoms with Gasteiger partial charge in [-0.25, -0.2) is 8.78 Å². The molecule has 0 heterocycles. The maximum Gasteiger partial charge on any atom is 0.416 e. The van der Waals surface area contributed by atoms with Crippen molar-refractivity contribution in [2.24, 2.45) is 0 Å². The second-order valence-corrected chi connectivity index (χ2v) is 6.73. The molecule has 4 nitrogen and oxygen atoms in total. The molecule has 0 saturated carbocycles. The largest absolute Gasteiger partial charge is 0.416 e. The highest BCUT2D eigenvalue weighted by molar-refractivity contribution is 7.80. The van der Waals surface area contributed by atoms with Crippen LogP contribution in [0.25, 0.3) is 0 Å². The average molecular weight is 451 g/mol. The maximum absolute atomic E-state index is 13.7. The number of alkyl halides is 3. The lowest BCUT2D eigenvalue weighted by atomic mass is 10.2. The first-order valence-electron chi connectivity index (χ1n) is 8.73. The Labute approximate surface area is 179 Å². The Morgan fingerprint density at radius 2 is 1.35 bits per heavy atom. The van der Waals surface area contributed by atoms with Gasteiger partial charge in [0.05, 0.1) is 11.1 Å². The summed E-state index contributed by atoms with van der Waals surface area (Å²) >= 11 is 5.04. The average Bonchev–Trinajstić information content (AvgIpc) is 2.68. The summed E-state index contributed by atoms with van der Waals surface area (Å²) in [4.78, 5) is 12.1. The van der Waals surface area contributed by atoms with Crippen LogP contribution in [-0.4, -0.2) is 11.0 Å². The molecule has 0 radical (unpaired) electrons. The summed E-state index contributed by atoms with van der Waals surface area (Å²) in [7, 11) is 0. The van der Waals surface area contributed by atoms with E-state index in [2.05, 4.69) is 16.0 Å². The Balaban J connectivity index is 1.62. The lowest BCUT2D eigenvalue weighted by Crippen LogP contribution is -2.20. The predicted molar refractivity (Wildman–Crippen MR) is 112 cm³/mol. The Hall–Kier alpha value is -3.53. The summed E-state index contributed by atoms with van der Waals surface area (Å²) in [6, 6.07) is 13.6. The molecule has 0 aliphatic carbocycles. The number of hydrogen-bond donors (Lipinski definition) is 3. The van der Waals surface area contributed by atoms with Crippen LogP contribution in [0.2, 0.25) is 0 Å². The van der Waals surface area contributed by atoms with Gasteiger partial charge in [0.25, 0.3) is 5.91 Å². The predicted octanol–water partition coefficient (Wildman–Crippen LogP) is 6.04. The van der Waals surface area contributed by atoms with Crippen molar-refractivity contribution in [2.75, 3.05) is 16.0 Å². The molecular weight excluding hydrogens is 437 g/mol. The molecule has 31 heavy (non-hydrogen) atoms. The highest BCUT2D eigenvalue weighted by Gasteiger charge is 2.31. The molecule has 3 aromatic rings. The summed E-state index contributed by atoms with van der Waals surface area (Å²) in [5.41, 5.74) is -0.582. The molecule has 0 unspecified atom stereocenters. The lowest BCUT2D eigenvalue weighted by Gasteiger charge is -2.13. The number of hydrogen-bond acceptors (Lipinski definition) is 2. The molecule has 160 valence electrons. The number of halogens is 5. The van der Waals surface area contributed by atoms with Crippen LogP contribution >= 0.6 is 12.2 Å². The molecule has 0 saturated heterocycles. The molecule has 0 spiro atoms. The highest BCUT2D eigenvalue weighted by Crippen LogP contribution is 2.31. The van der Waals surface area contributed by atoms with Crippen LogP contribution in [0.15, 0.2) is 66.7 Å². The minimum absolute atomic E-state index is 0.0677. The number of nitrogens with one attached hydrogen (secondary N) is 3. The number of carbonyl (C=O) groups is 1. The number of rotatable bonds is 4. The van der Waals surface area contributed by atoms with Gasteiger partial charge in [0.15, 0.2) is 5.11 Å². The number of benzene rings is 3. The third-order valence-corrected chi connectivity index (χ3v) is 4.21. The van der Waals surface area contributed by atoms with Crippen molar-refractivity contribution >= 4 is 40.3 Å². The molecule has 0 aliphatic rings. The third kappa shape index (κ3) is 5.98. The van der Waals surface area contributed by atoms with Crippen LogP contribution in [-0.2, 0) is 6.18 Å². The first kappa shape index (κ1) is 22.2.